The van der Waals surface area contributed by atoms with Crippen LogP contribution in [-0.4, -0.2) is 17.5 Å². The van der Waals surface area contributed by atoms with Gasteiger partial charge in [-0.15, -0.1) is 4.47 Å². The molecule has 0 spiro atoms. The van der Waals surface area contributed by atoms with Gasteiger partial charge in [0.2, 0.25) is 0 Å². The summed E-state index contributed by atoms with van der Waals surface area (Å²) in [4.78, 5) is 0. The van der Waals surface area contributed by atoms with Crippen LogP contribution in [0.3, 0.4) is 0 Å². The van der Waals surface area contributed by atoms with Gasteiger partial charge < -0.3 is 0 Å². The molecule has 3 N–H and O–H groups in total. The van der Waals surface area contributed by atoms with Gasteiger partial charge in [0, 0.05) is 6.26 Å². The summed E-state index contributed by atoms with van der Waals surface area (Å²) in [7, 11) is -0.714. The Morgan fingerprint density at radius 2 is 2.29 bits per heavy atom. The van der Waals surface area contributed by atoms with Crippen molar-refractivity contribution < 1.29 is 4.21 Å². The maximum absolute atomic E-state index is 10.5. The van der Waals surface area contributed by atoms with E-state index in [-0.39, 0.29) is 0 Å². The second kappa shape index (κ2) is 2.25. The first kappa shape index (κ1) is 6.87. The zero-order valence-electron chi connectivity index (χ0n) is 4.34. The Labute approximate surface area is 43.4 Å². The van der Waals surface area contributed by atoms with Crippen molar-refractivity contribution in [3.8, 4) is 0 Å². The summed E-state index contributed by atoms with van der Waals surface area (Å²) < 4.78 is 16.0. The zero-order valence-corrected chi connectivity index (χ0v) is 5.16. The highest BCUT2D eigenvalue weighted by molar-refractivity contribution is 7.90. The SMILES string of the molecule is CNS(C)(=O)=NN. The third-order valence-corrected chi connectivity index (χ3v) is 1.74. The fraction of sp³-hybridized carbons (Fsp3) is 1.00. The van der Waals surface area contributed by atoms with Crippen LogP contribution in [0, 0.1) is 0 Å². The van der Waals surface area contributed by atoms with Gasteiger partial charge >= 0.3 is 0 Å². The lowest BCUT2D eigenvalue weighted by molar-refractivity contribution is 0.673. The molecule has 5 heteroatoms. The summed E-state index contributed by atoms with van der Waals surface area (Å²) in [5.74, 6) is 4.70. The van der Waals surface area contributed by atoms with Gasteiger partial charge in [-0.25, -0.2) is 14.8 Å². The molecule has 44 valence electrons. The first-order valence-electron chi connectivity index (χ1n) is 1.72. The summed E-state index contributed by atoms with van der Waals surface area (Å²) in [6, 6.07) is 0. The molecule has 0 rings (SSSR count). The fourth-order valence-electron chi connectivity index (χ4n) is 0.0527. The number of hydrogen-bond donors (Lipinski definition) is 2. The van der Waals surface area contributed by atoms with Crippen molar-refractivity contribution >= 4 is 9.92 Å². The van der Waals surface area contributed by atoms with Crippen LogP contribution in [0.15, 0.2) is 4.47 Å². The highest BCUT2D eigenvalue weighted by atomic mass is 32.2. The Balaban J connectivity index is 4.17. The van der Waals surface area contributed by atoms with E-state index >= 15 is 0 Å². The van der Waals surface area contributed by atoms with Gasteiger partial charge in [0.05, 0.1) is 0 Å². The highest BCUT2D eigenvalue weighted by Gasteiger charge is 1.87. The Hall–Kier alpha value is -0.130. The average molecular weight is 123 g/mol. The predicted octanol–water partition coefficient (Wildman–Crippen LogP) is -0.908. The van der Waals surface area contributed by atoms with Gasteiger partial charge in [-0.1, -0.05) is 0 Å². The van der Waals surface area contributed by atoms with Crippen molar-refractivity contribution in [2.45, 2.75) is 0 Å². The van der Waals surface area contributed by atoms with Crippen molar-refractivity contribution in [2.24, 2.45) is 10.3 Å². The van der Waals surface area contributed by atoms with Crippen molar-refractivity contribution in [3.63, 3.8) is 0 Å². The molecule has 7 heavy (non-hydrogen) atoms. The molecule has 0 fully saturated rings. The van der Waals surface area contributed by atoms with Gasteiger partial charge in [-0.2, -0.15) is 0 Å². The van der Waals surface area contributed by atoms with Crippen LogP contribution in [0.4, 0.5) is 0 Å². The van der Waals surface area contributed by atoms with Crippen LogP contribution in [0.25, 0.3) is 0 Å². The first-order valence-corrected chi connectivity index (χ1v) is 3.64. The fourth-order valence-corrected chi connectivity index (χ4v) is 0.158. The number of nitrogens with zero attached hydrogens (tertiary/aromatic N) is 1. The van der Waals surface area contributed by atoms with E-state index in [0.717, 1.165) is 0 Å². The van der Waals surface area contributed by atoms with E-state index in [1.54, 1.807) is 7.05 Å². The Morgan fingerprint density at radius 1 is 1.86 bits per heavy atom. The molecule has 0 bridgehead atoms. The van der Waals surface area contributed by atoms with Gasteiger partial charge in [0.1, 0.15) is 9.92 Å². The molecule has 1 unspecified atom stereocenters. The molecular formula is C2H9N3OS. The van der Waals surface area contributed by atoms with Crippen LogP contribution >= 0.6 is 0 Å². The number of hydrogen-bond acceptors (Lipinski definition) is 2. The van der Waals surface area contributed by atoms with E-state index in [1.165, 1.54) is 6.26 Å². The highest BCUT2D eigenvalue weighted by Crippen LogP contribution is 1.72. The molecule has 4 nitrogen and oxygen atoms in total. The summed E-state index contributed by atoms with van der Waals surface area (Å²) in [6.07, 6.45) is 1.42. The molecule has 1 atom stereocenters. The molecular weight excluding hydrogens is 114 g/mol. The molecule has 0 saturated heterocycles. The number of rotatable bonds is 1. The van der Waals surface area contributed by atoms with Crippen molar-refractivity contribution in [2.75, 3.05) is 13.3 Å². The zero-order chi connectivity index (χ0) is 5.91. The van der Waals surface area contributed by atoms with Crippen LogP contribution in [0.1, 0.15) is 0 Å². The second-order valence-electron chi connectivity index (χ2n) is 1.11. The quantitative estimate of drug-likeness (QED) is 0.350. The van der Waals surface area contributed by atoms with Gasteiger partial charge in [-0.3, -0.25) is 0 Å². The average Bonchev–Trinajstić information content (AvgIpc) is 1.68. The van der Waals surface area contributed by atoms with Crippen molar-refractivity contribution in [1.82, 2.24) is 4.72 Å². The predicted molar refractivity (Wildman–Crippen MR) is 29.7 cm³/mol. The van der Waals surface area contributed by atoms with Gasteiger partial charge in [0.25, 0.3) is 0 Å². The standard InChI is InChI=1S/C2H9N3OS/c1-4-7(2,6)5-3/h3H2,1-2H3,(H,4,5,6). The molecule has 0 aromatic heterocycles. The second-order valence-corrected chi connectivity index (χ2v) is 3.34. The largest absolute Gasteiger partial charge is 0.234 e. The van der Waals surface area contributed by atoms with E-state index in [1.807, 2.05) is 0 Å². The summed E-state index contributed by atoms with van der Waals surface area (Å²) in [5, 5.41) is 0. The Bertz CT molecular complexity index is 145. The van der Waals surface area contributed by atoms with Gasteiger partial charge in [-0.05, 0) is 7.05 Å². The van der Waals surface area contributed by atoms with E-state index in [0.29, 0.717) is 0 Å². The number of nitrogens with one attached hydrogen (secondary N) is 1. The third kappa shape index (κ3) is 2.55. The lowest BCUT2D eigenvalue weighted by Gasteiger charge is -1.93. The van der Waals surface area contributed by atoms with Crippen LogP contribution in [0.5, 0.6) is 0 Å². The maximum atomic E-state index is 10.5. The Kier molecular flexibility index (Phi) is 2.21. The molecule has 0 radical (unpaired) electrons. The first-order chi connectivity index (χ1) is 3.12. The van der Waals surface area contributed by atoms with E-state index in [9.17, 15) is 4.21 Å². The topological polar surface area (TPSA) is 67.5 Å². The summed E-state index contributed by atoms with van der Waals surface area (Å²) in [6.45, 7) is 0. The van der Waals surface area contributed by atoms with Crippen LogP contribution in [-0.2, 0) is 9.92 Å². The number of nitrogens with two attached hydrogens (primary N) is 1. The van der Waals surface area contributed by atoms with E-state index in [2.05, 4.69) is 9.19 Å². The lowest BCUT2D eigenvalue weighted by atomic mass is 11.6. The lowest BCUT2D eigenvalue weighted by Crippen LogP contribution is -2.17. The van der Waals surface area contributed by atoms with Crippen molar-refractivity contribution in [3.05, 3.63) is 0 Å². The molecule has 0 aromatic rings. The van der Waals surface area contributed by atoms with Crippen LogP contribution < -0.4 is 10.6 Å². The summed E-state index contributed by atoms with van der Waals surface area (Å²) in [5.41, 5.74) is 0. The normalized spacial score (nSPS) is 18.1. The summed E-state index contributed by atoms with van der Waals surface area (Å²) >= 11 is 0. The molecule has 0 amide bonds. The van der Waals surface area contributed by atoms with Crippen LogP contribution in [0.2, 0.25) is 0 Å². The molecule has 0 heterocycles. The van der Waals surface area contributed by atoms with E-state index in [4.69, 9.17) is 5.84 Å². The molecule has 0 saturated carbocycles. The molecule has 0 aliphatic heterocycles. The van der Waals surface area contributed by atoms with Crippen molar-refractivity contribution in [1.29, 1.82) is 0 Å². The van der Waals surface area contributed by atoms with E-state index < -0.39 is 9.92 Å². The Morgan fingerprint density at radius 3 is 2.29 bits per heavy atom. The molecule has 0 aliphatic carbocycles. The maximum Gasteiger partial charge on any atom is 0.120 e. The minimum Gasteiger partial charge on any atom is -0.234 e. The minimum atomic E-state index is -2.25. The molecule has 0 aliphatic rings. The third-order valence-electron chi connectivity index (χ3n) is 0.580. The smallest absolute Gasteiger partial charge is 0.120 e. The minimum absolute atomic E-state index is 1.42. The monoisotopic (exact) mass is 123 g/mol. The molecule has 0 aromatic carbocycles. The van der Waals surface area contributed by atoms with Gasteiger partial charge in [0.15, 0.2) is 0 Å².